The molecule has 0 spiro atoms. The Balaban J connectivity index is 1.45. The molecule has 0 aliphatic carbocycles. The predicted molar refractivity (Wildman–Crippen MR) is 109 cm³/mol. The van der Waals surface area contributed by atoms with Crippen molar-refractivity contribution >= 4 is 11.7 Å². The van der Waals surface area contributed by atoms with Crippen molar-refractivity contribution in [2.45, 2.75) is 19.4 Å². The van der Waals surface area contributed by atoms with E-state index in [1.54, 1.807) is 21.7 Å². The van der Waals surface area contributed by atoms with Crippen LogP contribution < -0.4 is 4.74 Å². The highest BCUT2D eigenvalue weighted by molar-refractivity contribution is 6.01. The number of piperidine rings is 1. The Kier molecular flexibility index (Phi) is 6.01. The lowest BCUT2D eigenvalue weighted by atomic mass is 9.89. The SMILES string of the molecule is COc1ccc(F)cc1C(=O)[C@@H]1CCCN(C(=O)c2ccc(Cn3cnnn3)cc2)C1. The molecule has 0 saturated carbocycles. The number of amides is 1. The number of Topliss-reactive ketones (excluding diaryl/α,β-unsaturated/α-hetero) is 1. The monoisotopic (exact) mass is 423 g/mol. The summed E-state index contributed by atoms with van der Waals surface area (Å²) in [7, 11) is 1.45. The van der Waals surface area contributed by atoms with Crippen LogP contribution in [0.2, 0.25) is 0 Å². The van der Waals surface area contributed by atoms with Gasteiger partial charge in [0.25, 0.3) is 5.91 Å². The number of methoxy groups -OCH3 is 1. The molecule has 9 heteroatoms. The van der Waals surface area contributed by atoms with Crippen molar-refractivity contribution in [3.05, 3.63) is 71.3 Å². The highest BCUT2D eigenvalue weighted by atomic mass is 19.1. The van der Waals surface area contributed by atoms with E-state index >= 15 is 0 Å². The first kappa shape index (κ1) is 20.6. The van der Waals surface area contributed by atoms with Gasteiger partial charge in [0.05, 0.1) is 19.2 Å². The zero-order valence-electron chi connectivity index (χ0n) is 17.1. The van der Waals surface area contributed by atoms with Gasteiger partial charge in [-0.3, -0.25) is 9.59 Å². The van der Waals surface area contributed by atoms with Crippen LogP contribution in [0.4, 0.5) is 4.39 Å². The van der Waals surface area contributed by atoms with Crippen LogP contribution in [-0.4, -0.2) is 57.0 Å². The van der Waals surface area contributed by atoms with E-state index in [0.717, 1.165) is 5.56 Å². The number of tetrazole rings is 1. The number of carbonyl (C=O) groups is 2. The molecule has 1 aliphatic rings. The second-order valence-electron chi connectivity index (χ2n) is 7.50. The molecule has 0 unspecified atom stereocenters. The molecule has 2 heterocycles. The second-order valence-corrected chi connectivity index (χ2v) is 7.50. The maximum absolute atomic E-state index is 13.7. The third-order valence-corrected chi connectivity index (χ3v) is 5.44. The zero-order valence-corrected chi connectivity index (χ0v) is 17.1. The van der Waals surface area contributed by atoms with E-state index in [-0.39, 0.29) is 17.3 Å². The van der Waals surface area contributed by atoms with Gasteiger partial charge in [0, 0.05) is 24.6 Å². The summed E-state index contributed by atoms with van der Waals surface area (Å²) in [5.74, 6) is -0.876. The van der Waals surface area contributed by atoms with Crippen LogP contribution in [0.5, 0.6) is 5.75 Å². The smallest absolute Gasteiger partial charge is 0.253 e. The fraction of sp³-hybridized carbons (Fsp3) is 0.318. The molecule has 1 amide bonds. The zero-order chi connectivity index (χ0) is 21.8. The van der Waals surface area contributed by atoms with Crippen molar-refractivity contribution < 1.29 is 18.7 Å². The Morgan fingerprint density at radius 3 is 2.71 bits per heavy atom. The topological polar surface area (TPSA) is 90.2 Å². The number of benzene rings is 2. The summed E-state index contributed by atoms with van der Waals surface area (Å²) in [6.45, 7) is 1.39. The Morgan fingerprint density at radius 2 is 2.00 bits per heavy atom. The van der Waals surface area contributed by atoms with Gasteiger partial charge < -0.3 is 9.64 Å². The van der Waals surface area contributed by atoms with E-state index in [2.05, 4.69) is 15.5 Å². The minimum Gasteiger partial charge on any atom is -0.496 e. The van der Waals surface area contributed by atoms with Crippen LogP contribution in [0.25, 0.3) is 0 Å². The van der Waals surface area contributed by atoms with Gasteiger partial charge in [-0.05, 0) is 59.2 Å². The summed E-state index contributed by atoms with van der Waals surface area (Å²) < 4.78 is 20.5. The molecule has 0 radical (unpaired) electrons. The number of nitrogens with zero attached hydrogens (tertiary/aromatic N) is 5. The van der Waals surface area contributed by atoms with E-state index in [1.165, 1.54) is 31.6 Å². The summed E-state index contributed by atoms with van der Waals surface area (Å²) in [4.78, 5) is 27.7. The molecule has 160 valence electrons. The number of likely N-dealkylation sites (tertiary alicyclic amines) is 1. The van der Waals surface area contributed by atoms with Crippen molar-refractivity contribution in [1.82, 2.24) is 25.1 Å². The maximum Gasteiger partial charge on any atom is 0.253 e. The summed E-state index contributed by atoms with van der Waals surface area (Å²) >= 11 is 0. The van der Waals surface area contributed by atoms with Crippen LogP contribution in [0.15, 0.2) is 48.8 Å². The summed E-state index contributed by atoms with van der Waals surface area (Å²) in [5.41, 5.74) is 1.74. The summed E-state index contributed by atoms with van der Waals surface area (Å²) in [6, 6.07) is 11.2. The Labute approximate surface area is 178 Å². The van der Waals surface area contributed by atoms with Crippen molar-refractivity contribution in [3.8, 4) is 5.75 Å². The van der Waals surface area contributed by atoms with E-state index in [4.69, 9.17) is 4.74 Å². The first-order chi connectivity index (χ1) is 15.0. The number of halogens is 1. The van der Waals surface area contributed by atoms with Crippen LogP contribution >= 0.6 is 0 Å². The van der Waals surface area contributed by atoms with E-state index < -0.39 is 11.7 Å². The largest absolute Gasteiger partial charge is 0.496 e. The fourth-order valence-corrected chi connectivity index (χ4v) is 3.84. The van der Waals surface area contributed by atoms with Gasteiger partial charge in [0.1, 0.15) is 17.9 Å². The number of aromatic nitrogens is 4. The third kappa shape index (κ3) is 4.60. The molecule has 31 heavy (non-hydrogen) atoms. The lowest BCUT2D eigenvalue weighted by Gasteiger charge is -2.32. The molecule has 2 aromatic carbocycles. The van der Waals surface area contributed by atoms with Crippen molar-refractivity contribution in [3.63, 3.8) is 0 Å². The molecule has 1 aromatic heterocycles. The van der Waals surface area contributed by atoms with E-state index in [9.17, 15) is 14.0 Å². The van der Waals surface area contributed by atoms with Gasteiger partial charge in [0.2, 0.25) is 0 Å². The van der Waals surface area contributed by atoms with Crippen molar-refractivity contribution in [2.24, 2.45) is 5.92 Å². The molecule has 1 aliphatic heterocycles. The number of rotatable bonds is 6. The van der Waals surface area contributed by atoms with E-state index in [0.29, 0.717) is 43.8 Å². The molecule has 1 saturated heterocycles. The number of hydrogen-bond acceptors (Lipinski definition) is 6. The number of carbonyl (C=O) groups excluding carboxylic acids is 2. The molecular formula is C22H22FN5O3. The van der Waals surface area contributed by atoms with Gasteiger partial charge in [-0.2, -0.15) is 0 Å². The third-order valence-electron chi connectivity index (χ3n) is 5.44. The van der Waals surface area contributed by atoms with Crippen molar-refractivity contribution in [2.75, 3.05) is 20.2 Å². The molecular weight excluding hydrogens is 401 g/mol. The average molecular weight is 423 g/mol. The van der Waals surface area contributed by atoms with Gasteiger partial charge in [-0.15, -0.1) is 5.10 Å². The average Bonchev–Trinajstić information content (AvgIpc) is 3.32. The van der Waals surface area contributed by atoms with E-state index in [1.807, 2.05) is 12.1 Å². The van der Waals surface area contributed by atoms with Gasteiger partial charge >= 0.3 is 0 Å². The van der Waals surface area contributed by atoms with Gasteiger partial charge in [-0.25, -0.2) is 9.07 Å². The minimum absolute atomic E-state index is 0.127. The number of hydrogen-bond donors (Lipinski definition) is 0. The van der Waals surface area contributed by atoms with Crippen LogP contribution in [0.1, 0.15) is 39.1 Å². The maximum atomic E-state index is 13.7. The highest BCUT2D eigenvalue weighted by Crippen LogP contribution is 2.27. The fourth-order valence-electron chi connectivity index (χ4n) is 3.84. The Morgan fingerprint density at radius 1 is 1.19 bits per heavy atom. The first-order valence-corrected chi connectivity index (χ1v) is 10.0. The quantitative estimate of drug-likeness (QED) is 0.566. The molecule has 4 rings (SSSR count). The van der Waals surface area contributed by atoms with Crippen LogP contribution in [0, 0.1) is 11.7 Å². The lowest BCUT2D eigenvalue weighted by Crippen LogP contribution is -2.42. The number of ketones is 1. The lowest BCUT2D eigenvalue weighted by molar-refractivity contribution is 0.0636. The van der Waals surface area contributed by atoms with Crippen LogP contribution in [-0.2, 0) is 6.54 Å². The highest BCUT2D eigenvalue weighted by Gasteiger charge is 2.31. The summed E-state index contributed by atoms with van der Waals surface area (Å²) in [5, 5.41) is 11.0. The Bertz CT molecular complexity index is 1070. The molecule has 8 nitrogen and oxygen atoms in total. The number of ether oxygens (including phenoxy) is 1. The minimum atomic E-state index is -0.491. The standard InChI is InChI=1S/C22H22FN5O3/c1-31-20-9-8-18(23)11-19(20)21(29)17-3-2-10-27(13-17)22(30)16-6-4-15(5-7-16)12-28-14-24-25-26-28/h4-9,11,14,17H,2-3,10,12-13H2,1H3/t17-/m1/s1. The Hall–Kier alpha value is -3.62. The predicted octanol–water partition coefficient (Wildman–Crippen LogP) is 2.60. The van der Waals surface area contributed by atoms with Crippen LogP contribution in [0.3, 0.4) is 0 Å². The normalized spacial score (nSPS) is 16.2. The molecule has 0 N–H and O–H groups in total. The first-order valence-electron chi connectivity index (χ1n) is 10.0. The molecule has 3 aromatic rings. The summed E-state index contributed by atoms with van der Waals surface area (Å²) in [6.07, 6.45) is 2.88. The molecule has 1 fully saturated rings. The van der Waals surface area contributed by atoms with Gasteiger partial charge in [0.15, 0.2) is 5.78 Å². The van der Waals surface area contributed by atoms with Gasteiger partial charge in [-0.1, -0.05) is 12.1 Å². The molecule has 1 atom stereocenters. The van der Waals surface area contributed by atoms with Crippen molar-refractivity contribution in [1.29, 1.82) is 0 Å². The second kappa shape index (κ2) is 9.03. The molecule has 0 bridgehead atoms.